The van der Waals surface area contributed by atoms with Crippen LogP contribution in [0.4, 0.5) is 0 Å². The van der Waals surface area contributed by atoms with E-state index < -0.39 is 5.92 Å². The lowest BCUT2D eigenvalue weighted by Gasteiger charge is -2.26. The zero-order valence-corrected chi connectivity index (χ0v) is 15.4. The van der Waals surface area contributed by atoms with Crippen molar-refractivity contribution in [3.8, 4) is 12.1 Å². The van der Waals surface area contributed by atoms with Crippen LogP contribution in [0, 0.1) is 11.3 Å². The van der Waals surface area contributed by atoms with E-state index in [1.165, 1.54) is 11.3 Å². The maximum Gasteiger partial charge on any atom is 0.316 e. The van der Waals surface area contributed by atoms with E-state index in [1.807, 2.05) is 6.07 Å². The van der Waals surface area contributed by atoms with Gasteiger partial charge in [0.1, 0.15) is 17.5 Å². The first kappa shape index (κ1) is 17.7. The van der Waals surface area contributed by atoms with Crippen molar-refractivity contribution in [2.24, 2.45) is 0 Å². The Morgan fingerprint density at radius 3 is 2.96 bits per heavy atom. The summed E-state index contributed by atoms with van der Waals surface area (Å²) in [6, 6.07) is 6.19. The largest absolute Gasteiger partial charge is 0.462 e. The number of pyridine rings is 1. The van der Waals surface area contributed by atoms with Gasteiger partial charge < -0.3 is 9.47 Å². The maximum atomic E-state index is 9.68. The van der Waals surface area contributed by atoms with Crippen LogP contribution in [0.3, 0.4) is 0 Å². The zero-order valence-electron chi connectivity index (χ0n) is 14.6. The molecule has 0 spiro atoms. The molecule has 27 heavy (non-hydrogen) atoms. The normalized spacial score (nSPS) is 16.1. The fraction of sp³-hybridized carbons (Fsp3) is 0.389. The summed E-state index contributed by atoms with van der Waals surface area (Å²) in [6.45, 7) is 4.62. The van der Waals surface area contributed by atoms with E-state index >= 15 is 0 Å². The van der Waals surface area contributed by atoms with Crippen molar-refractivity contribution < 1.29 is 9.47 Å². The molecule has 1 atom stereocenters. The van der Waals surface area contributed by atoms with Gasteiger partial charge in [-0.25, -0.2) is 9.97 Å². The van der Waals surface area contributed by atoms with Gasteiger partial charge in [-0.3, -0.25) is 9.88 Å². The Labute approximate surface area is 160 Å². The number of aromatic nitrogens is 4. The number of nitrogens with zero attached hydrogens (tertiary/aromatic N) is 6. The molecule has 4 heterocycles. The predicted molar refractivity (Wildman–Crippen MR) is 99.7 cm³/mol. The van der Waals surface area contributed by atoms with Crippen molar-refractivity contribution in [2.75, 3.05) is 39.5 Å². The topological polar surface area (TPSA) is 97.0 Å². The van der Waals surface area contributed by atoms with Crippen LogP contribution in [0.25, 0.3) is 10.2 Å². The van der Waals surface area contributed by atoms with Crippen LogP contribution in [-0.4, -0.2) is 64.3 Å². The highest BCUT2D eigenvalue weighted by atomic mass is 32.1. The number of thiazole rings is 1. The average molecular weight is 382 g/mol. The first-order valence-corrected chi connectivity index (χ1v) is 9.51. The van der Waals surface area contributed by atoms with E-state index in [2.05, 4.69) is 30.9 Å². The molecule has 0 saturated carbocycles. The first-order valence-electron chi connectivity index (χ1n) is 8.69. The van der Waals surface area contributed by atoms with E-state index in [1.54, 1.807) is 24.7 Å². The number of nitriles is 1. The van der Waals surface area contributed by atoms with E-state index in [9.17, 15) is 5.26 Å². The molecule has 1 fully saturated rings. The summed E-state index contributed by atoms with van der Waals surface area (Å²) in [6.07, 6.45) is 5.03. The molecule has 0 N–H and O–H groups in total. The Hall–Kier alpha value is -2.67. The van der Waals surface area contributed by atoms with Crippen LogP contribution in [0.1, 0.15) is 16.6 Å². The lowest BCUT2D eigenvalue weighted by Crippen LogP contribution is -2.38. The third-order valence-electron chi connectivity index (χ3n) is 4.28. The number of fused-ring (bicyclic) bond motifs is 1. The van der Waals surface area contributed by atoms with Crippen LogP contribution in [0.15, 0.2) is 30.7 Å². The molecular weight excluding hydrogens is 364 g/mol. The molecule has 0 bridgehead atoms. The van der Waals surface area contributed by atoms with Crippen LogP contribution in [-0.2, 0) is 4.74 Å². The monoisotopic (exact) mass is 382 g/mol. The number of ether oxygens (including phenoxy) is 2. The molecular formula is C18H18N6O2S. The molecule has 8 nitrogen and oxygen atoms in total. The summed E-state index contributed by atoms with van der Waals surface area (Å²) >= 11 is 1.47. The lowest BCUT2D eigenvalue weighted by atomic mass is 10.1. The maximum absolute atomic E-state index is 9.68. The quantitative estimate of drug-likeness (QED) is 0.637. The fourth-order valence-corrected chi connectivity index (χ4v) is 3.84. The molecule has 1 unspecified atom stereocenters. The van der Waals surface area contributed by atoms with Gasteiger partial charge in [0, 0.05) is 32.0 Å². The minimum absolute atomic E-state index is 0.281. The smallest absolute Gasteiger partial charge is 0.316 e. The number of morpholine rings is 1. The predicted octanol–water partition coefficient (Wildman–Crippen LogP) is 1.85. The van der Waals surface area contributed by atoms with E-state index in [0.29, 0.717) is 17.3 Å². The molecule has 1 saturated heterocycles. The Morgan fingerprint density at radius 1 is 1.26 bits per heavy atom. The van der Waals surface area contributed by atoms with Crippen molar-refractivity contribution in [3.05, 3.63) is 41.4 Å². The first-order chi connectivity index (χ1) is 13.3. The highest BCUT2D eigenvalue weighted by molar-refractivity contribution is 7.18. The van der Waals surface area contributed by atoms with E-state index in [0.717, 1.165) is 43.1 Å². The Kier molecular flexibility index (Phi) is 5.48. The molecule has 3 aromatic rings. The van der Waals surface area contributed by atoms with Crippen LogP contribution < -0.4 is 4.74 Å². The number of hydrogen-bond acceptors (Lipinski definition) is 9. The molecule has 1 aliphatic rings. The second-order valence-electron chi connectivity index (χ2n) is 6.02. The fourth-order valence-electron chi connectivity index (χ4n) is 2.84. The van der Waals surface area contributed by atoms with Gasteiger partial charge in [0.2, 0.25) is 0 Å². The standard InChI is InChI=1S/C18H18N6O2S/c19-11-13(17-22-15-12-20-3-2-16(15)27-17)14-1-4-21-18(23-14)26-10-7-24-5-8-25-9-6-24/h1-4,12-13H,5-10H2. The zero-order chi connectivity index (χ0) is 18.5. The van der Waals surface area contributed by atoms with Crippen LogP contribution in [0.2, 0.25) is 0 Å². The molecule has 0 aromatic carbocycles. The van der Waals surface area contributed by atoms with Gasteiger partial charge in [-0.05, 0) is 12.1 Å². The van der Waals surface area contributed by atoms with Crippen molar-refractivity contribution in [2.45, 2.75) is 5.92 Å². The van der Waals surface area contributed by atoms with E-state index in [4.69, 9.17) is 9.47 Å². The summed E-state index contributed by atoms with van der Waals surface area (Å²) in [5, 5.41) is 10.4. The molecule has 138 valence electrons. The SMILES string of the molecule is N#CC(c1ccnc(OCCN2CCOCC2)n1)c1nc2cnccc2s1. The minimum Gasteiger partial charge on any atom is -0.462 e. The second kappa shape index (κ2) is 8.35. The Balaban J connectivity index is 1.46. The van der Waals surface area contributed by atoms with Crippen molar-refractivity contribution >= 4 is 21.6 Å². The molecule has 0 aliphatic carbocycles. The van der Waals surface area contributed by atoms with Crippen molar-refractivity contribution in [1.82, 2.24) is 24.8 Å². The summed E-state index contributed by atoms with van der Waals surface area (Å²) in [4.78, 5) is 19.5. The molecule has 0 radical (unpaired) electrons. The Bertz CT molecular complexity index is 917. The minimum atomic E-state index is -0.563. The number of hydrogen-bond donors (Lipinski definition) is 0. The van der Waals surface area contributed by atoms with Crippen LogP contribution in [0.5, 0.6) is 6.01 Å². The van der Waals surface area contributed by atoms with Gasteiger partial charge in [0.15, 0.2) is 0 Å². The summed E-state index contributed by atoms with van der Waals surface area (Å²) in [5.41, 5.74) is 1.37. The van der Waals surface area contributed by atoms with Crippen molar-refractivity contribution in [1.29, 1.82) is 5.26 Å². The molecule has 3 aromatic heterocycles. The highest BCUT2D eigenvalue weighted by Gasteiger charge is 2.20. The third kappa shape index (κ3) is 4.19. The highest BCUT2D eigenvalue weighted by Crippen LogP contribution is 2.30. The summed E-state index contributed by atoms with van der Waals surface area (Å²) in [5.74, 6) is -0.563. The van der Waals surface area contributed by atoms with Crippen molar-refractivity contribution in [3.63, 3.8) is 0 Å². The second-order valence-corrected chi connectivity index (χ2v) is 7.09. The molecule has 0 amide bonds. The third-order valence-corrected chi connectivity index (χ3v) is 5.38. The van der Waals surface area contributed by atoms with Gasteiger partial charge in [0.05, 0.1) is 41.4 Å². The van der Waals surface area contributed by atoms with E-state index in [-0.39, 0.29) is 6.01 Å². The molecule has 4 rings (SSSR count). The lowest BCUT2D eigenvalue weighted by molar-refractivity contribution is 0.0317. The summed E-state index contributed by atoms with van der Waals surface area (Å²) in [7, 11) is 0. The van der Waals surface area contributed by atoms with Gasteiger partial charge in [-0.2, -0.15) is 10.2 Å². The summed E-state index contributed by atoms with van der Waals surface area (Å²) < 4.78 is 12.0. The molecule has 9 heteroatoms. The average Bonchev–Trinajstić information content (AvgIpc) is 3.13. The van der Waals surface area contributed by atoms with Gasteiger partial charge in [-0.1, -0.05) is 0 Å². The van der Waals surface area contributed by atoms with Gasteiger partial charge in [0.25, 0.3) is 0 Å². The van der Waals surface area contributed by atoms with Crippen LogP contribution >= 0.6 is 11.3 Å². The molecule has 1 aliphatic heterocycles. The van der Waals surface area contributed by atoms with Gasteiger partial charge in [-0.15, -0.1) is 11.3 Å². The number of rotatable bonds is 6. The Morgan fingerprint density at radius 2 is 2.15 bits per heavy atom. The van der Waals surface area contributed by atoms with Gasteiger partial charge >= 0.3 is 6.01 Å².